The van der Waals surface area contributed by atoms with E-state index in [-0.39, 0.29) is 0 Å². The molecule has 4 nitrogen and oxygen atoms in total. The van der Waals surface area contributed by atoms with Crippen LogP contribution in [-0.2, 0) is 11.3 Å². The predicted molar refractivity (Wildman–Crippen MR) is 64.7 cm³/mol. The first-order chi connectivity index (χ1) is 7.75. The molecular formula is C12H19N3O. The van der Waals surface area contributed by atoms with Crippen molar-refractivity contribution in [1.29, 1.82) is 0 Å². The molecule has 2 heterocycles. The van der Waals surface area contributed by atoms with Crippen molar-refractivity contribution in [1.82, 2.24) is 9.88 Å². The molecule has 1 aliphatic heterocycles. The zero-order valence-electron chi connectivity index (χ0n) is 10.0. The molecule has 1 aromatic heterocycles. The molecule has 1 aliphatic rings. The van der Waals surface area contributed by atoms with Gasteiger partial charge < -0.3 is 9.64 Å². The van der Waals surface area contributed by atoms with Crippen LogP contribution in [0.1, 0.15) is 5.69 Å². The van der Waals surface area contributed by atoms with E-state index in [0.29, 0.717) is 0 Å². The van der Waals surface area contributed by atoms with Crippen molar-refractivity contribution >= 4 is 5.69 Å². The fraction of sp³-hybridized carbons (Fsp3) is 0.583. The maximum Gasteiger partial charge on any atom is 0.0594 e. The second-order valence-corrected chi connectivity index (χ2v) is 4.29. The molecule has 0 bridgehead atoms. The monoisotopic (exact) mass is 221 g/mol. The number of rotatable bonds is 3. The van der Waals surface area contributed by atoms with Gasteiger partial charge >= 0.3 is 0 Å². The molecule has 0 N–H and O–H groups in total. The minimum atomic E-state index is 0.843. The molecule has 0 unspecified atom stereocenters. The van der Waals surface area contributed by atoms with E-state index < -0.39 is 0 Å². The number of hydrogen-bond acceptors (Lipinski definition) is 4. The molecule has 1 fully saturated rings. The molecule has 0 aromatic carbocycles. The zero-order chi connectivity index (χ0) is 11.4. The van der Waals surface area contributed by atoms with Gasteiger partial charge in [0, 0.05) is 33.7 Å². The van der Waals surface area contributed by atoms with Crippen molar-refractivity contribution in [3.8, 4) is 0 Å². The molecule has 0 aliphatic carbocycles. The van der Waals surface area contributed by atoms with Crippen molar-refractivity contribution in [2.24, 2.45) is 0 Å². The van der Waals surface area contributed by atoms with Crippen LogP contribution in [0.4, 0.5) is 5.69 Å². The maximum absolute atomic E-state index is 5.32. The van der Waals surface area contributed by atoms with Crippen LogP contribution in [-0.4, -0.2) is 50.3 Å². The number of nitrogens with zero attached hydrogens (tertiary/aromatic N) is 3. The lowest BCUT2D eigenvalue weighted by molar-refractivity contribution is 0.0336. The third-order valence-corrected chi connectivity index (χ3v) is 2.81. The maximum atomic E-state index is 5.32. The largest absolute Gasteiger partial charge is 0.379 e. The summed E-state index contributed by atoms with van der Waals surface area (Å²) in [6.07, 6.45) is 1.93. The molecule has 88 valence electrons. The van der Waals surface area contributed by atoms with Crippen LogP contribution >= 0.6 is 0 Å². The summed E-state index contributed by atoms with van der Waals surface area (Å²) in [5.41, 5.74) is 2.28. The Kier molecular flexibility index (Phi) is 3.74. The highest BCUT2D eigenvalue weighted by atomic mass is 16.5. The van der Waals surface area contributed by atoms with Crippen molar-refractivity contribution in [2.75, 3.05) is 45.3 Å². The molecule has 16 heavy (non-hydrogen) atoms. The van der Waals surface area contributed by atoms with E-state index in [1.165, 1.54) is 0 Å². The topological polar surface area (TPSA) is 28.6 Å². The average molecular weight is 221 g/mol. The van der Waals surface area contributed by atoms with Gasteiger partial charge in [0.25, 0.3) is 0 Å². The second kappa shape index (κ2) is 5.27. The lowest BCUT2D eigenvalue weighted by Crippen LogP contribution is -2.35. The van der Waals surface area contributed by atoms with Gasteiger partial charge in [-0.25, -0.2) is 0 Å². The minimum Gasteiger partial charge on any atom is -0.379 e. The number of morpholine rings is 1. The van der Waals surface area contributed by atoms with E-state index in [1.807, 2.05) is 20.3 Å². The van der Waals surface area contributed by atoms with E-state index in [4.69, 9.17) is 4.74 Å². The van der Waals surface area contributed by atoms with Crippen LogP contribution < -0.4 is 4.90 Å². The highest BCUT2D eigenvalue weighted by Crippen LogP contribution is 2.11. The molecular weight excluding hydrogens is 202 g/mol. The number of hydrogen-bond donors (Lipinski definition) is 0. The smallest absolute Gasteiger partial charge is 0.0594 e. The first kappa shape index (κ1) is 11.4. The fourth-order valence-electron chi connectivity index (χ4n) is 1.76. The van der Waals surface area contributed by atoms with Crippen LogP contribution in [0.3, 0.4) is 0 Å². The van der Waals surface area contributed by atoms with Gasteiger partial charge in [-0.2, -0.15) is 0 Å². The number of ether oxygens (including phenoxy) is 1. The van der Waals surface area contributed by atoms with Crippen LogP contribution in [0, 0.1) is 0 Å². The normalized spacial score (nSPS) is 17.4. The standard InChI is InChI=1S/C12H19N3O/c1-14(2)12-4-3-11(13-9-12)10-15-5-7-16-8-6-15/h3-4,9H,5-8,10H2,1-2H3. The Bertz CT molecular complexity index is 318. The third-order valence-electron chi connectivity index (χ3n) is 2.81. The Hall–Kier alpha value is -1.13. The van der Waals surface area contributed by atoms with Crippen molar-refractivity contribution in [3.05, 3.63) is 24.0 Å². The SMILES string of the molecule is CN(C)c1ccc(CN2CCOCC2)nc1. The Morgan fingerprint density at radius 1 is 1.31 bits per heavy atom. The predicted octanol–water partition coefficient (Wildman–Crippen LogP) is 0.980. The van der Waals surface area contributed by atoms with Crippen molar-refractivity contribution < 1.29 is 4.74 Å². The van der Waals surface area contributed by atoms with Crippen LogP contribution in [0.2, 0.25) is 0 Å². The van der Waals surface area contributed by atoms with Gasteiger partial charge in [-0.3, -0.25) is 9.88 Å². The van der Waals surface area contributed by atoms with E-state index in [1.54, 1.807) is 0 Å². The molecule has 1 saturated heterocycles. The van der Waals surface area contributed by atoms with E-state index in [2.05, 4.69) is 26.9 Å². The average Bonchev–Trinajstić information content (AvgIpc) is 2.31. The Morgan fingerprint density at radius 3 is 2.62 bits per heavy atom. The van der Waals surface area contributed by atoms with Crippen LogP contribution in [0.15, 0.2) is 18.3 Å². The Morgan fingerprint density at radius 2 is 2.06 bits per heavy atom. The zero-order valence-corrected chi connectivity index (χ0v) is 10.0. The van der Waals surface area contributed by atoms with E-state index in [0.717, 1.165) is 44.2 Å². The summed E-state index contributed by atoms with van der Waals surface area (Å²) < 4.78 is 5.32. The molecule has 1 aromatic rings. The lowest BCUT2D eigenvalue weighted by atomic mass is 10.3. The summed E-state index contributed by atoms with van der Waals surface area (Å²) >= 11 is 0. The second-order valence-electron chi connectivity index (χ2n) is 4.29. The molecule has 4 heteroatoms. The van der Waals surface area contributed by atoms with Gasteiger partial charge in [0.1, 0.15) is 0 Å². The quantitative estimate of drug-likeness (QED) is 0.760. The minimum absolute atomic E-state index is 0.843. The fourth-order valence-corrected chi connectivity index (χ4v) is 1.76. The molecule has 0 atom stereocenters. The van der Waals surface area contributed by atoms with Gasteiger partial charge in [0.2, 0.25) is 0 Å². The lowest BCUT2D eigenvalue weighted by Gasteiger charge is -2.26. The summed E-state index contributed by atoms with van der Waals surface area (Å²) in [7, 11) is 4.05. The summed E-state index contributed by atoms with van der Waals surface area (Å²) in [6.45, 7) is 4.64. The van der Waals surface area contributed by atoms with Gasteiger partial charge in [0.05, 0.1) is 30.8 Å². The first-order valence-electron chi connectivity index (χ1n) is 5.68. The van der Waals surface area contributed by atoms with Crippen LogP contribution in [0.25, 0.3) is 0 Å². The Labute approximate surface area is 96.8 Å². The summed E-state index contributed by atoms with van der Waals surface area (Å²) in [5, 5.41) is 0. The van der Waals surface area contributed by atoms with Gasteiger partial charge in [-0.15, -0.1) is 0 Å². The van der Waals surface area contributed by atoms with Crippen LogP contribution in [0.5, 0.6) is 0 Å². The highest BCUT2D eigenvalue weighted by Gasteiger charge is 2.11. The molecule has 0 radical (unpaired) electrons. The number of pyridine rings is 1. The molecule has 0 amide bonds. The van der Waals surface area contributed by atoms with Gasteiger partial charge in [-0.1, -0.05) is 0 Å². The summed E-state index contributed by atoms with van der Waals surface area (Å²) in [5.74, 6) is 0. The van der Waals surface area contributed by atoms with Crippen molar-refractivity contribution in [2.45, 2.75) is 6.54 Å². The molecule has 2 rings (SSSR count). The van der Waals surface area contributed by atoms with Crippen molar-refractivity contribution in [3.63, 3.8) is 0 Å². The van der Waals surface area contributed by atoms with Gasteiger partial charge in [0.15, 0.2) is 0 Å². The van der Waals surface area contributed by atoms with E-state index in [9.17, 15) is 0 Å². The van der Waals surface area contributed by atoms with Gasteiger partial charge in [-0.05, 0) is 12.1 Å². The Balaban J connectivity index is 1.93. The number of anilines is 1. The highest BCUT2D eigenvalue weighted by molar-refractivity contribution is 5.42. The summed E-state index contributed by atoms with van der Waals surface area (Å²) in [4.78, 5) is 8.91. The summed E-state index contributed by atoms with van der Waals surface area (Å²) in [6, 6.07) is 4.22. The van der Waals surface area contributed by atoms with E-state index >= 15 is 0 Å². The number of aromatic nitrogens is 1. The molecule has 0 saturated carbocycles. The first-order valence-corrected chi connectivity index (χ1v) is 5.68. The third kappa shape index (κ3) is 2.93. The molecule has 0 spiro atoms.